The molecular formula is C20H19F2N5O. The summed E-state index contributed by atoms with van der Waals surface area (Å²) in [4.78, 5) is 26.9. The number of carbonyl (C=O) groups is 1. The van der Waals surface area contributed by atoms with E-state index in [2.05, 4.69) is 20.3 Å². The minimum atomic E-state index is -1.03. The SMILES string of the molecule is Cc1nc(C(=O)Nc2ccc(F)c(F)c2)cc(N(C)CCc2ccncc2)n1. The third-order valence-corrected chi connectivity index (χ3v) is 4.11. The Kier molecular flexibility index (Phi) is 5.88. The van der Waals surface area contributed by atoms with Crippen LogP contribution in [-0.4, -0.2) is 34.5 Å². The van der Waals surface area contributed by atoms with E-state index in [4.69, 9.17) is 0 Å². The first kappa shape index (κ1) is 19.3. The lowest BCUT2D eigenvalue weighted by molar-refractivity contribution is 0.102. The third kappa shape index (κ3) is 4.85. The van der Waals surface area contributed by atoms with Crippen molar-refractivity contribution < 1.29 is 13.6 Å². The number of hydrogen-bond donors (Lipinski definition) is 1. The van der Waals surface area contributed by atoms with E-state index < -0.39 is 17.5 Å². The van der Waals surface area contributed by atoms with E-state index >= 15 is 0 Å². The largest absolute Gasteiger partial charge is 0.359 e. The Bertz CT molecular complexity index is 982. The van der Waals surface area contributed by atoms with Gasteiger partial charge in [-0.05, 0) is 43.2 Å². The van der Waals surface area contributed by atoms with Crippen molar-refractivity contribution in [2.45, 2.75) is 13.3 Å². The minimum absolute atomic E-state index is 0.142. The molecule has 0 saturated heterocycles. The van der Waals surface area contributed by atoms with Gasteiger partial charge in [-0.25, -0.2) is 18.7 Å². The summed E-state index contributed by atoms with van der Waals surface area (Å²) in [7, 11) is 1.87. The van der Waals surface area contributed by atoms with Gasteiger partial charge in [-0.15, -0.1) is 0 Å². The molecule has 0 atom stereocenters. The molecule has 2 aromatic heterocycles. The van der Waals surface area contributed by atoms with Crippen LogP contribution in [0, 0.1) is 18.6 Å². The Labute approximate surface area is 161 Å². The van der Waals surface area contributed by atoms with Gasteiger partial charge in [0.25, 0.3) is 5.91 Å². The van der Waals surface area contributed by atoms with Crippen LogP contribution in [0.25, 0.3) is 0 Å². The summed E-state index contributed by atoms with van der Waals surface area (Å²) in [5.74, 6) is -1.51. The highest BCUT2D eigenvalue weighted by atomic mass is 19.2. The van der Waals surface area contributed by atoms with Crippen molar-refractivity contribution in [3.05, 3.63) is 77.5 Å². The standard InChI is InChI=1S/C20H19F2N5O/c1-13-24-18(20(28)26-15-3-4-16(21)17(22)11-15)12-19(25-13)27(2)10-7-14-5-8-23-9-6-14/h3-6,8-9,11-12H,7,10H2,1-2H3,(H,26,28). The Morgan fingerprint density at radius 3 is 2.54 bits per heavy atom. The highest BCUT2D eigenvalue weighted by Gasteiger charge is 2.14. The maximum atomic E-state index is 13.3. The number of nitrogens with one attached hydrogen (secondary N) is 1. The molecule has 28 heavy (non-hydrogen) atoms. The molecule has 1 aromatic carbocycles. The summed E-state index contributed by atoms with van der Waals surface area (Å²) in [6.07, 6.45) is 4.27. The monoisotopic (exact) mass is 383 g/mol. The zero-order valence-electron chi connectivity index (χ0n) is 15.5. The number of likely N-dealkylation sites (N-methyl/N-ethyl adjacent to an activating group) is 1. The fraction of sp³-hybridized carbons (Fsp3) is 0.200. The van der Waals surface area contributed by atoms with Gasteiger partial charge in [0.1, 0.15) is 17.3 Å². The molecule has 0 radical (unpaired) electrons. The number of hydrogen-bond acceptors (Lipinski definition) is 5. The Morgan fingerprint density at radius 2 is 1.82 bits per heavy atom. The maximum absolute atomic E-state index is 13.3. The van der Waals surface area contributed by atoms with Gasteiger partial charge in [0, 0.05) is 43.8 Å². The maximum Gasteiger partial charge on any atom is 0.274 e. The van der Waals surface area contributed by atoms with Crippen LogP contribution in [0.1, 0.15) is 21.9 Å². The van der Waals surface area contributed by atoms with Crippen LogP contribution in [0.15, 0.2) is 48.8 Å². The van der Waals surface area contributed by atoms with Crippen molar-refractivity contribution in [3.8, 4) is 0 Å². The van der Waals surface area contributed by atoms with Crippen LogP contribution in [0.3, 0.4) is 0 Å². The number of aromatic nitrogens is 3. The second-order valence-electron chi connectivity index (χ2n) is 6.27. The van der Waals surface area contributed by atoms with E-state index in [1.54, 1.807) is 25.4 Å². The van der Waals surface area contributed by atoms with Crippen LogP contribution < -0.4 is 10.2 Å². The van der Waals surface area contributed by atoms with Crippen molar-refractivity contribution >= 4 is 17.4 Å². The van der Waals surface area contributed by atoms with Gasteiger partial charge in [0.05, 0.1) is 0 Å². The summed E-state index contributed by atoms with van der Waals surface area (Å²) >= 11 is 0. The predicted octanol–water partition coefficient (Wildman–Crippen LogP) is 3.39. The van der Waals surface area contributed by atoms with E-state index in [0.29, 0.717) is 18.2 Å². The van der Waals surface area contributed by atoms with Gasteiger partial charge in [0.2, 0.25) is 0 Å². The van der Waals surface area contributed by atoms with Crippen LogP contribution in [0.5, 0.6) is 0 Å². The van der Waals surface area contributed by atoms with Gasteiger partial charge < -0.3 is 10.2 Å². The molecule has 0 aliphatic rings. The van der Waals surface area contributed by atoms with E-state index in [1.165, 1.54) is 6.07 Å². The smallest absolute Gasteiger partial charge is 0.274 e. The van der Waals surface area contributed by atoms with E-state index in [0.717, 1.165) is 24.1 Å². The molecule has 0 unspecified atom stereocenters. The molecule has 3 rings (SSSR count). The molecule has 3 aromatic rings. The van der Waals surface area contributed by atoms with E-state index in [9.17, 15) is 13.6 Å². The van der Waals surface area contributed by atoms with E-state index in [1.807, 2.05) is 24.1 Å². The molecule has 6 nitrogen and oxygen atoms in total. The highest BCUT2D eigenvalue weighted by molar-refractivity contribution is 6.03. The average molecular weight is 383 g/mol. The fourth-order valence-corrected chi connectivity index (χ4v) is 2.59. The lowest BCUT2D eigenvalue weighted by Crippen LogP contribution is -2.23. The van der Waals surface area contributed by atoms with Crippen LogP contribution in [0.4, 0.5) is 20.3 Å². The molecule has 144 valence electrons. The zero-order chi connectivity index (χ0) is 20.1. The Hall–Kier alpha value is -3.42. The number of halogens is 2. The van der Waals surface area contributed by atoms with Crippen LogP contribution >= 0.6 is 0 Å². The first-order valence-electron chi connectivity index (χ1n) is 8.64. The molecule has 1 amide bonds. The van der Waals surface area contributed by atoms with Crippen molar-refractivity contribution in [1.29, 1.82) is 0 Å². The molecule has 0 saturated carbocycles. The molecular weight excluding hydrogens is 364 g/mol. The zero-order valence-corrected chi connectivity index (χ0v) is 15.5. The number of rotatable bonds is 6. The average Bonchev–Trinajstić information content (AvgIpc) is 2.69. The fourth-order valence-electron chi connectivity index (χ4n) is 2.59. The third-order valence-electron chi connectivity index (χ3n) is 4.11. The number of carbonyl (C=O) groups excluding carboxylic acids is 1. The molecule has 0 bridgehead atoms. The van der Waals surface area contributed by atoms with Gasteiger partial charge in [0.15, 0.2) is 11.6 Å². The summed E-state index contributed by atoms with van der Waals surface area (Å²) in [6.45, 7) is 2.37. The molecule has 0 spiro atoms. The molecule has 8 heteroatoms. The van der Waals surface area contributed by atoms with Crippen molar-refractivity contribution in [2.75, 3.05) is 23.8 Å². The Morgan fingerprint density at radius 1 is 1.07 bits per heavy atom. The summed E-state index contributed by atoms with van der Waals surface area (Å²) in [5, 5.41) is 2.52. The topological polar surface area (TPSA) is 71.0 Å². The van der Waals surface area contributed by atoms with Crippen molar-refractivity contribution in [1.82, 2.24) is 15.0 Å². The van der Waals surface area contributed by atoms with E-state index in [-0.39, 0.29) is 11.4 Å². The number of pyridine rings is 1. The highest BCUT2D eigenvalue weighted by Crippen LogP contribution is 2.16. The normalized spacial score (nSPS) is 10.6. The summed E-state index contributed by atoms with van der Waals surface area (Å²) in [5.41, 5.74) is 1.43. The molecule has 2 heterocycles. The molecule has 1 N–H and O–H groups in total. The second kappa shape index (κ2) is 8.51. The molecule has 0 aliphatic carbocycles. The molecule has 0 aliphatic heterocycles. The quantitative estimate of drug-likeness (QED) is 0.707. The predicted molar refractivity (Wildman–Crippen MR) is 102 cm³/mol. The number of benzene rings is 1. The number of anilines is 2. The summed E-state index contributed by atoms with van der Waals surface area (Å²) < 4.78 is 26.4. The van der Waals surface area contributed by atoms with Gasteiger partial charge in [-0.3, -0.25) is 9.78 Å². The minimum Gasteiger partial charge on any atom is -0.359 e. The van der Waals surface area contributed by atoms with Crippen LogP contribution in [0.2, 0.25) is 0 Å². The molecule has 0 fully saturated rings. The first-order valence-corrected chi connectivity index (χ1v) is 8.64. The lowest BCUT2D eigenvalue weighted by atomic mass is 10.2. The van der Waals surface area contributed by atoms with Gasteiger partial charge >= 0.3 is 0 Å². The Balaban J connectivity index is 1.72. The number of aryl methyl sites for hydroxylation is 1. The van der Waals surface area contributed by atoms with Crippen molar-refractivity contribution in [3.63, 3.8) is 0 Å². The number of amides is 1. The van der Waals surface area contributed by atoms with Gasteiger partial charge in [-0.2, -0.15) is 0 Å². The first-order chi connectivity index (χ1) is 13.4. The second-order valence-corrected chi connectivity index (χ2v) is 6.27. The summed E-state index contributed by atoms with van der Waals surface area (Å²) in [6, 6.07) is 8.61. The van der Waals surface area contributed by atoms with Crippen LogP contribution in [-0.2, 0) is 6.42 Å². The lowest BCUT2D eigenvalue weighted by Gasteiger charge is -2.19. The number of nitrogens with zero attached hydrogens (tertiary/aromatic N) is 4. The van der Waals surface area contributed by atoms with Crippen molar-refractivity contribution in [2.24, 2.45) is 0 Å². The van der Waals surface area contributed by atoms with Gasteiger partial charge in [-0.1, -0.05) is 0 Å².